The molecule has 1 amide bonds. The van der Waals surface area contributed by atoms with Crippen molar-refractivity contribution < 1.29 is 9.21 Å². The van der Waals surface area contributed by atoms with Crippen LogP contribution in [0.5, 0.6) is 0 Å². The summed E-state index contributed by atoms with van der Waals surface area (Å²) in [6, 6.07) is 12.0. The molecule has 0 aliphatic carbocycles. The van der Waals surface area contributed by atoms with E-state index in [4.69, 9.17) is 4.42 Å². The Labute approximate surface area is 157 Å². The van der Waals surface area contributed by atoms with Crippen LogP contribution < -0.4 is 5.32 Å². The lowest BCUT2D eigenvalue weighted by atomic mass is 10.1. The first-order valence-electron chi connectivity index (χ1n) is 8.48. The second-order valence-corrected chi connectivity index (χ2v) is 7.35. The summed E-state index contributed by atoms with van der Waals surface area (Å²) in [5, 5.41) is 11.9. The van der Waals surface area contributed by atoms with Crippen LogP contribution in [0.2, 0.25) is 0 Å². The minimum absolute atomic E-state index is 0.00465. The molecule has 0 bridgehead atoms. The number of hydrogen-bond donors (Lipinski definition) is 1. The first-order valence-corrected chi connectivity index (χ1v) is 9.36. The van der Waals surface area contributed by atoms with E-state index in [-0.39, 0.29) is 11.2 Å². The number of hydrogen-bond acceptors (Lipinski definition) is 5. The minimum atomic E-state index is -0.257. The number of nitrogens with one attached hydrogen (secondary N) is 1. The normalized spacial score (nSPS) is 12.1. The molecule has 0 aliphatic rings. The van der Waals surface area contributed by atoms with Crippen molar-refractivity contribution in [1.82, 2.24) is 20.1 Å². The van der Waals surface area contributed by atoms with Crippen LogP contribution in [-0.4, -0.2) is 32.5 Å². The highest BCUT2D eigenvalue weighted by Crippen LogP contribution is 2.27. The predicted molar refractivity (Wildman–Crippen MR) is 102 cm³/mol. The van der Waals surface area contributed by atoms with E-state index in [9.17, 15) is 4.79 Å². The van der Waals surface area contributed by atoms with Crippen molar-refractivity contribution in [3.63, 3.8) is 0 Å². The van der Waals surface area contributed by atoms with Gasteiger partial charge < -0.3 is 14.3 Å². The topological polar surface area (TPSA) is 72.9 Å². The number of furan rings is 1. The van der Waals surface area contributed by atoms with Gasteiger partial charge in [-0.25, -0.2) is 0 Å². The summed E-state index contributed by atoms with van der Waals surface area (Å²) in [5.74, 6) is 1.52. The molecular formula is C19H22N4O2S. The van der Waals surface area contributed by atoms with Crippen molar-refractivity contribution >= 4 is 17.7 Å². The standard InChI is InChI=1S/C19H22N4O2S/c1-13-16(10-12-25-13)17-21-22-19(23(17)3)26-14(2)18(24)20-11-9-15-7-5-4-6-8-15/h4-8,10,12,14H,9,11H2,1-3H3,(H,20,24). The fraction of sp³-hybridized carbons (Fsp3) is 0.316. The molecule has 0 spiro atoms. The molecule has 0 fully saturated rings. The summed E-state index contributed by atoms with van der Waals surface area (Å²) in [6.07, 6.45) is 2.45. The maximum atomic E-state index is 12.3. The van der Waals surface area contributed by atoms with Gasteiger partial charge in [-0.15, -0.1) is 10.2 Å². The molecule has 0 radical (unpaired) electrons. The number of thioether (sulfide) groups is 1. The highest BCUT2D eigenvalue weighted by Gasteiger charge is 2.20. The third-order valence-corrected chi connectivity index (χ3v) is 5.28. The number of benzene rings is 1. The number of carbonyl (C=O) groups is 1. The van der Waals surface area contributed by atoms with E-state index < -0.39 is 0 Å². The van der Waals surface area contributed by atoms with Gasteiger partial charge in [-0.3, -0.25) is 4.79 Å². The molecule has 0 saturated heterocycles. The molecule has 2 heterocycles. The summed E-state index contributed by atoms with van der Waals surface area (Å²) in [6.45, 7) is 4.38. The molecule has 3 aromatic rings. The van der Waals surface area contributed by atoms with Gasteiger partial charge in [0.05, 0.1) is 17.1 Å². The van der Waals surface area contributed by atoms with Crippen LogP contribution in [-0.2, 0) is 18.3 Å². The van der Waals surface area contributed by atoms with Gasteiger partial charge in [0.25, 0.3) is 0 Å². The molecule has 1 N–H and O–H groups in total. The van der Waals surface area contributed by atoms with E-state index in [1.54, 1.807) is 6.26 Å². The lowest BCUT2D eigenvalue weighted by molar-refractivity contribution is -0.120. The van der Waals surface area contributed by atoms with Gasteiger partial charge in [0.1, 0.15) is 5.76 Å². The molecule has 3 rings (SSSR count). The number of rotatable bonds is 7. The van der Waals surface area contributed by atoms with Gasteiger partial charge in [-0.1, -0.05) is 42.1 Å². The first kappa shape index (κ1) is 18.3. The Balaban J connectivity index is 1.56. The fourth-order valence-corrected chi connectivity index (χ4v) is 3.44. The largest absolute Gasteiger partial charge is 0.469 e. The van der Waals surface area contributed by atoms with E-state index in [0.29, 0.717) is 11.7 Å². The van der Waals surface area contributed by atoms with Crippen LogP contribution in [0, 0.1) is 6.92 Å². The number of aryl methyl sites for hydroxylation is 1. The van der Waals surface area contributed by atoms with Crippen molar-refractivity contribution in [1.29, 1.82) is 0 Å². The molecular weight excluding hydrogens is 348 g/mol. The quantitative estimate of drug-likeness (QED) is 0.647. The molecule has 0 saturated carbocycles. The summed E-state index contributed by atoms with van der Waals surface area (Å²) in [7, 11) is 1.89. The van der Waals surface area contributed by atoms with E-state index in [2.05, 4.69) is 27.6 Å². The van der Waals surface area contributed by atoms with Crippen molar-refractivity contribution in [2.24, 2.45) is 7.05 Å². The lowest BCUT2D eigenvalue weighted by Gasteiger charge is -2.11. The summed E-state index contributed by atoms with van der Waals surface area (Å²) in [5.41, 5.74) is 2.12. The number of carbonyl (C=O) groups excluding carboxylic acids is 1. The molecule has 136 valence electrons. The Morgan fingerprint density at radius 3 is 2.73 bits per heavy atom. The Hall–Kier alpha value is -2.54. The second-order valence-electron chi connectivity index (χ2n) is 6.04. The van der Waals surface area contributed by atoms with Gasteiger partial charge >= 0.3 is 0 Å². The van der Waals surface area contributed by atoms with Crippen molar-refractivity contribution in [2.75, 3.05) is 6.54 Å². The van der Waals surface area contributed by atoms with Crippen LogP contribution in [0.3, 0.4) is 0 Å². The lowest BCUT2D eigenvalue weighted by Crippen LogP contribution is -2.32. The zero-order chi connectivity index (χ0) is 18.5. The summed E-state index contributed by atoms with van der Waals surface area (Å²) >= 11 is 1.40. The first-order chi connectivity index (χ1) is 12.6. The number of nitrogens with zero attached hydrogens (tertiary/aromatic N) is 3. The van der Waals surface area contributed by atoms with E-state index in [1.165, 1.54) is 17.3 Å². The predicted octanol–water partition coefficient (Wildman–Crippen LogP) is 3.22. The highest BCUT2D eigenvalue weighted by atomic mass is 32.2. The van der Waals surface area contributed by atoms with Crippen molar-refractivity contribution in [3.8, 4) is 11.4 Å². The summed E-state index contributed by atoms with van der Waals surface area (Å²) < 4.78 is 7.22. The van der Waals surface area contributed by atoms with Gasteiger partial charge in [-0.2, -0.15) is 0 Å². The molecule has 0 aliphatic heterocycles. The van der Waals surface area contributed by atoms with E-state index >= 15 is 0 Å². The SMILES string of the molecule is Cc1occc1-c1nnc(SC(C)C(=O)NCCc2ccccc2)n1C. The van der Waals surface area contributed by atoms with Crippen LogP contribution >= 0.6 is 11.8 Å². The third kappa shape index (κ3) is 4.16. The monoisotopic (exact) mass is 370 g/mol. The molecule has 2 aromatic heterocycles. The number of amides is 1. The van der Waals surface area contributed by atoms with Gasteiger partial charge in [0.15, 0.2) is 11.0 Å². The molecule has 26 heavy (non-hydrogen) atoms. The van der Waals surface area contributed by atoms with Crippen molar-refractivity contribution in [3.05, 3.63) is 54.0 Å². The Morgan fingerprint density at radius 1 is 1.27 bits per heavy atom. The zero-order valence-electron chi connectivity index (χ0n) is 15.1. The molecule has 1 aromatic carbocycles. The molecule has 1 unspecified atom stereocenters. The van der Waals surface area contributed by atoms with Gasteiger partial charge in [0, 0.05) is 13.6 Å². The van der Waals surface area contributed by atoms with Crippen LogP contribution in [0.1, 0.15) is 18.2 Å². The maximum absolute atomic E-state index is 12.3. The third-order valence-electron chi connectivity index (χ3n) is 4.14. The van der Waals surface area contributed by atoms with Crippen LogP contribution in [0.15, 0.2) is 52.2 Å². The van der Waals surface area contributed by atoms with Crippen LogP contribution in [0.4, 0.5) is 0 Å². The Bertz CT molecular complexity index is 873. The van der Waals surface area contributed by atoms with E-state index in [0.717, 1.165) is 23.6 Å². The maximum Gasteiger partial charge on any atom is 0.233 e. The summed E-state index contributed by atoms with van der Waals surface area (Å²) in [4.78, 5) is 12.3. The zero-order valence-corrected chi connectivity index (χ0v) is 15.9. The Morgan fingerprint density at radius 2 is 2.04 bits per heavy atom. The second kappa shape index (κ2) is 8.23. The minimum Gasteiger partial charge on any atom is -0.469 e. The van der Waals surface area contributed by atoms with Gasteiger partial charge in [0.2, 0.25) is 5.91 Å². The number of aromatic nitrogens is 3. The average molecular weight is 370 g/mol. The van der Waals surface area contributed by atoms with E-state index in [1.807, 2.05) is 49.7 Å². The van der Waals surface area contributed by atoms with Crippen molar-refractivity contribution in [2.45, 2.75) is 30.7 Å². The molecule has 1 atom stereocenters. The Kier molecular flexibility index (Phi) is 5.78. The molecule has 6 nitrogen and oxygen atoms in total. The fourth-order valence-electron chi connectivity index (χ4n) is 2.60. The van der Waals surface area contributed by atoms with Gasteiger partial charge in [-0.05, 0) is 31.9 Å². The van der Waals surface area contributed by atoms with Crippen LogP contribution in [0.25, 0.3) is 11.4 Å². The smallest absolute Gasteiger partial charge is 0.233 e. The highest BCUT2D eigenvalue weighted by molar-refractivity contribution is 8.00. The average Bonchev–Trinajstić information content (AvgIpc) is 3.21. The molecule has 7 heteroatoms.